The Labute approximate surface area is 157 Å². The number of ether oxygens (including phenoxy) is 1. The van der Waals surface area contributed by atoms with Gasteiger partial charge in [-0.15, -0.1) is 0 Å². The first kappa shape index (κ1) is 19.9. The number of carbonyl (C=O) groups is 1. The molecule has 0 N–H and O–H groups in total. The van der Waals surface area contributed by atoms with Crippen molar-refractivity contribution in [2.45, 2.75) is 58.3 Å². The Kier molecular flexibility index (Phi) is 8.61. The number of unbranched alkanes of at least 4 members (excludes halogenated alkanes) is 4. The van der Waals surface area contributed by atoms with Crippen LogP contribution in [0.5, 0.6) is 5.88 Å². The first-order chi connectivity index (χ1) is 12.7. The van der Waals surface area contributed by atoms with Gasteiger partial charge < -0.3 is 4.74 Å². The zero-order valence-corrected chi connectivity index (χ0v) is 15.9. The first-order valence-corrected chi connectivity index (χ1v) is 9.59. The van der Waals surface area contributed by atoms with E-state index in [9.17, 15) is 4.79 Å². The normalized spacial score (nSPS) is 12.2. The van der Waals surface area contributed by atoms with Gasteiger partial charge in [-0.25, -0.2) is 9.78 Å². The summed E-state index contributed by atoms with van der Waals surface area (Å²) in [5, 5.41) is 0. The van der Waals surface area contributed by atoms with E-state index in [0.29, 0.717) is 5.88 Å². The summed E-state index contributed by atoms with van der Waals surface area (Å²) in [6.45, 7) is 4.27. The number of aromatic nitrogens is 1. The largest absolute Gasteiger partial charge is 0.404 e. The number of esters is 1. The molecule has 0 saturated carbocycles. The molecule has 1 heterocycles. The number of aryl methyl sites for hydroxylation is 1. The number of carbonyl (C=O) groups excluding carboxylic acids is 1. The Balaban J connectivity index is 1.77. The highest BCUT2D eigenvalue weighted by Crippen LogP contribution is 2.16. The molecule has 1 aromatic carbocycles. The van der Waals surface area contributed by atoms with Crippen LogP contribution < -0.4 is 4.74 Å². The van der Waals surface area contributed by atoms with Gasteiger partial charge in [0.15, 0.2) is 0 Å². The lowest BCUT2D eigenvalue weighted by Crippen LogP contribution is -2.06. The van der Waals surface area contributed by atoms with Crippen LogP contribution in [-0.4, -0.2) is 11.0 Å². The van der Waals surface area contributed by atoms with Crippen LogP contribution in [-0.2, 0) is 11.2 Å². The van der Waals surface area contributed by atoms with Crippen LogP contribution in [0.2, 0.25) is 0 Å². The van der Waals surface area contributed by atoms with Gasteiger partial charge in [0.1, 0.15) is 0 Å². The fraction of sp³-hybridized carbons (Fsp3) is 0.391. The molecule has 0 saturated heterocycles. The maximum Gasteiger partial charge on any atom is 0.337 e. The van der Waals surface area contributed by atoms with Crippen LogP contribution in [0, 0.1) is 0 Å². The van der Waals surface area contributed by atoms with Crippen molar-refractivity contribution in [2.24, 2.45) is 0 Å². The summed E-state index contributed by atoms with van der Waals surface area (Å²) < 4.78 is 5.28. The van der Waals surface area contributed by atoms with Gasteiger partial charge in [0.25, 0.3) is 0 Å². The van der Waals surface area contributed by atoms with E-state index >= 15 is 0 Å². The molecule has 138 valence electrons. The fourth-order valence-corrected chi connectivity index (χ4v) is 2.78. The molecule has 0 aliphatic heterocycles. The van der Waals surface area contributed by atoms with Crippen LogP contribution in [0.25, 0.3) is 0 Å². The van der Waals surface area contributed by atoms with E-state index < -0.39 is 5.97 Å². The molecule has 1 unspecified atom stereocenters. The second kappa shape index (κ2) is 11.2. The molecule has 0 fully saturated rings. The van der Waals surface area contributed by atoms with Crippen LogP contribution in [0.4, 0.5) is 0 Å². The predicted molar refractivity (Wildman–Crippen MR) is 106 cm³/mol. The smallest absolute Gasteiger partial charge is 0.337 e. The van der Waals surface area contributed by atoms with Crippen molar-refractivity contribution in [1.29, 1.82) is 0 Å². The van der Waals surface area contributed by atoms with E-state index in [4.69, 9.17) is 4.74 Å². The van der Waals surface area contributed by atoms with Crippen molar-refractivity contribution < 1.29 is 9.53 Å². The SMILES string of the molecule is CCCCCCCc1ccc(OC(=O)C=CC(C)c2ccccc2)nc1. The van der Waals surface area contributed by atoms with E-state index in [2.05, 4.69) is 11.9 Å². The number of benzene rings is 1. The van der Waals surface area contributed by atoms with Gasteiger partial charge in [0, 0.05) is 18.3 Å². The molecule has 2 aromatic rings. The van der Waals surface area contributed by atoms with Crippen molar-refractivity contribution in [3.05, 3.63) is 71.9 Å². The van der Waals surface area contributed by atoms with Gasteiger partial charge in [-0.1, -0.05) is 82.0 Å². The Bertz CT molecular complexity index is 677. The quantitative estimate of drug-likeness (QED) is 0.306. The van der Waals surface area contributed by atoms with Crippen molar-refractivity contribution in [2.75, 3.05) is 0 Å². The zero-order valence-electron chi connectivity index (χ0n) is 15.9. The highest BCUT2D eigenvalue weighted by Gasteiger charge is 2.05. The standard InChI is InChI=1S/C23H29NO2/c1-3-4-5-6-8-11-20-15-16-22(24-18-20)26-23(25)17-14-19(2)21-12-9-7-10-13-21/h7,9-10,12-19H,3-6,8,11H2,1-2H3. The minimum absolute atomic E-state index is 0.159. The average molecular weight is 351 g/mol. The number of pyridine rings is 1. The molecule has 0 amide bonds. The summed E-state index contributed by atoms with van der Waals surface area (Å²) in [5.74, 6) is 0.112. The van der Waals surface area contributed by atoms with Gasteiger partial charge in [-0.2, -0.15) is 0 Å². The van der Waals surface area contributed by atoms with Gasteiger partial charge in [0.2, 0.25) is 5.88 Å². The lowest BCUT2D eigenvalue weighted by Gasteiger charge is -2.06. The Hall–Kier alpha value is -2.42. The van der Waals surface area contributed by atoms with E-state index in [1.54, 1.807) is 12.3 Å². The van der Waals surface area contributed by atoms with Crippen LogP contribution in [0.15, 0.2) is 60.8 Å². The van der Waals surface area contributed by atoms with E-state index in [-0.39, 0.29) is 5.92 Å². The third-order valence-electron chi connectivity index (χ3n) is 4.42. The first-order valence-electron chi connectivity index (χ1n) is 9.59. The zero-order chi connectivity index (χ0) is 18.6. The molecule has 3 heteroatoms. The molecule has 3 nitrogen and oxygen atoms in total. The number of allylic oxidation sites excluding steroid dienone is 1. The van der Waals surface area contributed by atoms with Gasteiger partial charge >= 0.3 is 5.97 Å². The molecular formula is C23H29NO2. The molecule has 0 radical (unpaired) electrons. The summed E-state index contributed by atoms with van der Waals surface area (Å²) in [6.07, 6.45) is 12.5. The Morgan fingerprint density at radius 1 is 1.08 bits per heavy atom. The number of nitrogens with zero attached hydrogens (tertiary/aromatic N) is 1. The summed E-state index contributed by atoms with van der Waals surface area (Å²) in [7, 11) is 0. The molecule has 1 atom stereocenters. The molecular weight excluding hydrogens is 322 g/mol. The summed E-state index contributed by atoms with van der Waals surface area (Å²) >= 11 is 0. The minimum atomic E-state index is -0.396. The Morgan fingerprint density at radius 3 is 2.54 bits per heavy atom. The topological polar surface area (TPSA) is 39.2 Å². The summed E-state index contributed by atoms with van der Waals surface area (Å²) in [4.78, 5) is 16.2. The molecule has 26 heavy (non-hydrogen) atoms. The van der Waals surface area contributed by atoms with Gasteiger partial charge in [-0.05, 0) is 29.9 Å². The van der Waals surface area contributed by atoms with E-state index in [1.807, 2.05) is 49.4 Å². The lowest BCUT2D eigenvalue weighted by atomic mass is 10.0. The second-order valence-electron chi connectivity index (χ2n) is 6.65. The maximum absolute atomic E-state index is 12.0. The van der Waals surface area contributed by atoms with Crippen molar-refractivity contribution >= 4 is 5.97 Å². The molecule has 2 rings (SSSR count). The van der Waals surface area contributed by atoms with Crippen molar-refractivity contribution in [3.8, 4) is 5.88 Å². The minimum Gasteiger partial charge on any atom is -0.404 e. The van der Waals surface area contributed by atoms with Crippen molar-refractivity contribution in [3.63, 3.8) is 0 Å². The number of rotatable bonds is 10. The molecule has 0 spiro atoms. The highest BCUT2D eigenvalue weighted by molar-refractivity contribution is 5.83. The predicted octanol–water partition coefficient (Wildman–Crippen LogP) is 5.86. The molecule has 1 aromatic heterocycles. The summed E-state index contributed by atoms with van der Waals surface area (Å²) in [6, 6.07) is 13.8. The third-order valence-corrected chi connectivity index (χ3v) is 4.42. The van der Waals surface area contributed by atoms with Crippen LogP contribution in [0.3, 0.4) is 0 Å². The van der Waals surface area contributed by atoms with Crippen molar-refractivity contribution in [1.82, 2.24) is 4.98 Å². The number of hydrogen-bond donors (Lipinski definition) is 0. The lowest BCUT2D eigenvalue weighted by molar-refractivity contribution is -0.129. The second-order valence-corrected chi connectivity index (χ2v) is 6.65. The average Bonchev–Trinajstić information content (AvgIpc) is 2.68. The summed E-state index contributed by atoms with van der Waals surface area (Å²) in [5.41, 5.74) is 2.35. The van der Waals surface area contributed by atoms with Crippen LogP contribution in [0.1, 0.15) is 63.0 Å². The molecule has 0 aliphatic rings. The number of hydrogen-bond acceptors (Lipinski definition) is 3. The molecule has 0 aliphatic carbocycles. The maximum atomic E-state index is 12.0. The third kappa shape index (κ3) is 7.22. The van der Waals surface area contributed by atoms with Gasteiger partial charge in [-0.3, -0.25) is 0 Å². The molecule has 0 bridgehead atoms. The van der Waals surface area contributed by atoms with E-state index in [0.717, 1.165) is 12.0 Å². The highest BCUT2D eigenvalue weighted by atomic mass is 16.5. The Morgan fingerprint density at radius 2 is 1.85 bits per heavy atom. The van der Waals surface area contributed by atoms with Crippen LogP contribution >= 0.6 is 0 Å². The fourth-order valence-electron chi connectivity index (χ4n) is 2.78. The van der Waals surface area contributed by atoms with E-state index in [1.165, 1.54) is 43.7 Å². The monoisotopic (exact) mass is 351 g/mol. The van der Waals surface area contributed by atoms with Gasteiger partial charge in [0.05, 0.1) is 0 Å².